The Morgan fingerprint density at radius 1 is 1.09 bits per heavy atom. The highest BCUT2D eigenvalue weighted by Crippen LogP contribution is 2.28. The number of hydrogen-bond donors (Lipinski definition) is 2. The second kappa shape index (κ2) is 10.8. The van der Waals surface area contributed by atoms with Gasteiger partial charge in [-0.25, -0.2) is 0 Å². The van der Waals surface area contributed by atoms with Crippen molar-refractivity contribution in [3.05, 3.63) is 23.9 Å². The molecule has 3 heterocycles. The molecule has 0 spiro atoms. The van der Waals surface area contributed by atoms with Gasteiger partial charge in [0.1, 0.15) is 5.70 Å². The summed E-state index contributed by atoms with van der Waals surface area (Å²) < 4.78 is 38.2. The van der Waals surface area contributed by atoms with E-state index in [9.17, 15) is 18.0 Å². The van der Waals surface area contributed by atoms with Crippen LogP contribution in [0.4, 0.5) is 13.2 Å². The summed E-state index contributed by atoms with van der Waals surface area (Å²) in [5, 5.41) is 6.42. The van der Waals surface area contributed by atoms with E-state index in [2.05, 4.69) is 26.5 Å². The van der Waals surface area contributed by atoms with E-state index < -0.39 is 18.6 Å². The lowest BCUT2D eigenvalue weighted by Gasteiger charge is -2.40. The third kappa shape index (κ3) is 7.20. The Balaban J connectivity index is 1.22. The summed E-state index contributed by atoms with van der Waals surface area (Å²) in [7, 11) is 0. The summed E-state index contributed by atoms with van der Waals surface area (Å²) in [6.45, 7) is 7.75. The lowest BCUT2D eigenvalue weighted by molar-refractivity contribution is -0.147. The van der Waals surface area contributed by atoms with Crippen molar-refractivity contribution in [3.8, 4) is 0 Å². The molecule has 0 aromatic heterocycles. The SMILES string of the molecule is CC(CC(F)(F)F)N1CCC(N2CCCN(C3C=CC=C(C(=O)NCC4CC4)N3)CC2)CC1. The second-order valence-corrected chi connectivity index (χ2v) is 10.1. The van der Waals surface area contributed by atoms with Crippen LogP contribution in [0.15, 0.2) is 23.9 Å². The minimum absolute atomic E-state index is 0.0155. The maximum Gasteiger partial charge on any atom is 0.390 e. The molecule has 1 aliphatic carbocycles. The van der Waals surface area contributed by atoms with Crippen LogP contribution in [-0.2, 0) is 4.79 Å². The Kier molecular flexibility index (Phi) is 8.02. The molecule has 6 nitrogen and oxygen atoms in total. The quantitative estimate of drug-likeness (QED) is 0.601. The Labute approximate surface area is 195 Å². The van der Waals surface area contributed by atoms with E-state index in [1.165, 1.54) is 12.8 Å². The number of hydrogen-bond acceptors (Lipinski definition) is 5. The first kappa shape index (κ1) is 24.5. The van der Waals surface area contributed by atoms with Gasteiger partial charge >= 0.3 is 6.18 Å². The summed E-state index contributed by atoms with van der Waals surface area (Å²) in [6.07, 6.45) is 6.43. The number of dihydropyridines is 1. The fourth-order valence-electron chi connectivity index (χ4n) is 5.28. The third-order valence-corrected chi connectivity index (χ3v) is 7.48. The second-order valence-electron chi connectivity index (χ2n) is 10.1. The molecule has 9 heteroatoms. The smallest absolute Gasteiger partial charge is 0.362 e. The Morgan fingerprint density at radius 3 is 2.48 bits per heavy atom. The summed E-state index contributed by atoms with van der Waals surface area (Å²) in [5.74, 6) is 0.625. The number of carbonyl (C=O) groups excluding carboxylic acids is 1. The molecule has 2 unspecified atom stereocenters. The van der Waals surface area contributed by atoms with Crippen molar-refractivity contribution < 1.29 is 18.0 Å². The summed E-state index contributed by atoms with van der Waals surface area (Å²) >= 11 is 0. The van der Waals surface area contributed by atoms with Gasteiger partial charge in [0.25, 0.3) is 5.91 Å². The third-order valence-electron chi connectivity index (χ3n) is 7.48. The summed E-state index contributed by atoms with van der Waals surface area (Å²) in [5.41, 5.74) is 0.629. The summed E-state index contributed by atoms with van der Waals surface area (Å²) in [4.78, 5) is 19.4. The Bertz CT molecular complexity index is 728. The predicted molar refractivity (Wildman–Crippen MR) is 122 cm³/mol. The van der Waals surface area contributed by atoms with Crippen molar-refractivity contribution in [1.29, 1.82) is 0 Å². The molecule has 2 saturated heterocycles. The highest BCUT2D eigenvalue weighted by molar-refractivity contribution is 5.93. The van der Waals surface area contributed by atoms with E-state index in [1.54, 1.807) is 6.92 Å². The number of halogens is 3. The number of allylic oxidation sites excluding steroid dienone is 2. The largest absolute Gasteiger partial charge is 0.390 e. The van der Waals surface area contributed by atoms with Crippen molar-refractivity contribution in [3.63, 3.8) is 0 Å². The molecule has 0 radical (unpaired) electrons. The maximum atomic E-state index is 12.7. The maximum absolute atomic E-state index is 12.7. The van der Waals surface area contributed by atoms with Crippen LogP contribution >= 0.6 is 0 Å². The number of amides is 1. The lowest BCUT2D eigenvalue weighted by atomic mass is 10.0. The van der Waals surface area contributed by atoms with Crippen LogP contribution in [-0.4, -0.2) is 90.8 Å². The van der Waals surface area contributed by atoms with Crippen LogP contribution in [0.1, 0.15) is 45.4 Å². The number of nitrogens with one attached hydrogen (secondary N) is 2. The Hall–Kier alpha value is -1.58. The first-order chi connectivity index (χ1) is 15.8. The van der Waals surface area contributed by atoms with Gasteiger partial charge in [0.2, 0.25) is 0 Å². The van der Waals surface area contributed by atoms with Gasteiger partial charge < -0.3 is 15.5 Å². The number of nitrogens with zero attached hydrogens (tertiary/aromatic N) is 3. The average molecular weight is 470 g/mol. The average Bonchev–Trinajstić information content (AvgIpc) is 3.63. The number of rotatable bonds is 7. The number of likely N-dealkylation sites (tertiary alicyclic amines) is 1. The zero-order valence-electron chi connectivity index (χ0n) is 19.6. The highest BCUT2D eigenvalue weighted by Gasteiger charge is 2.35. The molecule has 33 heavy (non-hydrogen) atoms. The van der Waals surface area contributed by atoms with Crippen LogP contribution in [0.2, 0.25) is 0 Å². The van der Waals surface area contributed by atoms with E-state index in [1.807, 2.05) is 17.1 Å². The van der Waals surface area contributed by atoms with Crippen molar-refractivity contribution >= 4 is 5.91 Å². The number of carbonyl (C=O) groups is 1. The predicted octanol–water partition coefficient (Wildman–Crippen LogP) is 2.70. The molecule has 0 bridgehead atoms. The van der Waals surface area contributed by atoms with Gasteiger partial charge in [-0.05, 0) is 76.7 Å². The van der Waals surface area contributed by atoms with Crippen LogP contribution in [0.3, 0.4) is 0 Å². The molecular weight excluding hydrogens is 431 g/mol. The zero-order chi connectivity index (χ0) is 23.4. The van der Waals surface area contributed by atoms with Crippen molar-refractivity contribution in [2.45, 2.75) is 69.9 Å². The van der Waals surface area contributed by atoms with Gasteiger partial charge in [0.15, 0.2) is 0 Å². The lowest BCUT2D eigenvalue weighted by Crippen LogP contribution is -2.50. The van der Waals surface area contributed by atoms with Gasteiger partial charge in [-0.3, -0.25) is 14.6 Å². The molecule has 0 aromatic carbocycles. The Morgan fingerprint density at radius 2 is 1.79 bits per heavy atom. The van der Waals surface area contributed by atoms with Gasteiger partial charge in [-0.2, -0.15) is 13.2 Å². The molecule has 1 saturated carbocycles. The molecule has 2 atom stereocenters. The molecule has 0 aromatic rings. The minimum Gasteiger partial charge on any atom is -0.362 e. The van der Waals surface area contributed by atoms with E-state index in [0.29, 0.717) is 17.7 Å². The van der Waals surface area contributed by atoms with Gasteiger partial charge in [-0.15, -0.1) is 0 Å². The minimum atomic E-state index is -4.10. The van der Waals surface area contributed by atoms with Crippen molar-refractivity contribution in [1.82, 2.24) is 25.3 Å². The first-order valence-corrected chi connectivity index (χ1v) is 12.5. The van der Waals surface area contributed by atoms with Crippen LogP contribution < -0.4 is 10.6 Å². The molecule has 3 fully saturated rings. The normalized spacial score (nSPS) is 27.5. The van der Waals surface area contributed by atoms with Crippen LogP contribution in [0, 0.1) is 5.92 Å². The number of alkyl halides is 3. The van der Waals surface area contributed by atoms with E-state index in [-0.39, 0.29) is 12.1 Å². The molecule has 3 aliphatic heterocycles. The summed E-state index contributed by atoms with van der Waals surface area (Å²) in [6, 6.07) is -0.00346. The monoisotopic (exact) mass is 469 g/mol. The fraction of sp³-hybridized carbons (Fsp3) is 0.792. The zero-order valence-corrected chi connectivity index (χ0v) is 19.6. The molecule has 2 N–H and O–H groups in total. The van der Waals surface area contributed by atoms with E-state index in [4.69, 9.17) is 0 Å². The van der Waals surface area contributed by atoms with Gasteiger partial charge in [0, 0.05) is 38.3 Å². The van der Waals surface area contributed by atoms with Crippen molar-refractivity contribution in [2.75, 3.05) is 45.8 Å². The highest BCUT2D eigenvalue weighted by atomic mass is 19.4. The number of piperidine rings is 1. The fourth-order valence-corrected chi connectivity index (χ4v) is 5.28. The molecule has 4 rings (SSSR count). The van der Waals surface area contributed by atoms with Crippen LogP contribution in [0.5, 0.6) is 0 Å². The molecule has 186 valence electrons. The van der Waals surface area contributed by atoms with Gasteiger partial charge in [-0.1, -0.05) is 6.08 Å². The molecule has 1 amide bonds. The molecule has 4 aliphatic rings. The van der Waals surface area contributed by atoms with Crippen molar-refractivity contribution in [2.24, 2.45) is 5.92 Å². The van der Waals surface area contributed by atoms with Gasteiger partial charge in [0.05, 0.1) is 12.6 Å². The standard InChI is InChI=1S/C24H38F3N5O/c1-18(16-24(25,26)27)30-12-8-20(9-13-30)31-10-3-11-32(15-14-31)22-5-2-4-21(29-22)23(33)28-17-19-6-7-19/h2,4-5,18-20,22,29H,3,6-17H2,1H3,(H,28,33). The van der Waals surface area contributed by atoms with E-state index in [0.717, 1.165) is 65.1 Å². The topological polar surface area (TPSA) is 50.9 Å². The van der Waals surface area contributed by atoms with Crippen LogP contribution in [0.25, 0.3) is 0 Å². The first-order valence-electron chi connectivity index (χ1n) is 12.5. The van der Waals surface area contributed by atoms with E-state index >= 15 is 0 Å². The molecular formula is C24H38F3N5O.